The second-order valence-corrected chi connectivity index (χ2v) is 8.42. The first-order chi connectivity index (χ1) is 16.0. The molecule has 7 nitrogen and oxygen atoms in total. The van der Waals surface area contributed by atoms with Gasteiger partial charge in [-0.05, 0) is 44.0 Å². The number of aromatic nitrogens is 2. The van der Waals surface area contributed by atoms with Crippen LogP contribution in [-0.4, -0.2) is 60.9 Å². The molecule has 1 aliphatic rings. The summed E-state index contributed by atoms with van der Waals surface area (Å²) in [5, 5.41) is 3.98. The number of rotatable bonds is 8. The molecule has 0 radical (unpaired) electrons. The molecular weight excluding hydrogens is 447 g/mol. The number of nitrogens with one attached hydrogen (secondary N) is 1. The van der Waals surface area contributed by atoms with E-state index in [0.717, 1.165) is 44.5 Å². The molecule has 2 aromatic carbocycles. The lowest BCUT2D eigenvalue weighted by atomic mass is 10.2. The summed E-state index contributed by atoms with van der Waals surface area (Å²) in [5.41, 5.74) is 1.32. The normalized spacial score (nSPS) is 17.0. The second-order valence-electron chi connectivity index (χ2n) is 8.01. The van der Waals surface area contributed by atoms with Crippen LogP contribution in [0.5, 0.6) is 11.5 Å². The van der Waals surface area contributed by atoms with Gasteiger partial charge in [-0.15, -0.1) is 0 Å². The van der Waals surface area contributed by atoms with Gasteiger partial charge in [0.1, 0.15) is 18.0 Å². The number of methoxy groups -OCH3 is 1. The predicted octanol–water partition coefficient (Wildman–Crippen LogP) is 5.05. The highest BCUT2D eigenvalue weighted by Gasteiger charge is 2.15. The lowest BCUT2D eigenvalue weighted by molar-refractivity contribution is 0.0749. The van der Waals surface area contributed by atoms with Crippen LogP contribution in [-0.2, 0) is 4.74 Å². The van der Waals surface area contributed by atoms with Crippen LogP contribution < -0.4 is 14.8 Å². The summed E-state index contributed by atoms with van der Waals surface area (Å²) in [6.07, 6.45) is 3.72. The molecule has 1 saturated heterocycles. The zero-order valence-corrected chi connectivity index (χ0v) is 19.6. The zero-order chi connectivity index (χ0) is 23.2. The number of hydrogen-bond donors (Lipinski definition) is 1. The van der Waals surface area contributed by atoms with Crippen molar-refractivity contribution in [3.05, 3.63) is 47.5 Å². The van der Waals surface area contributed by atoms with Crippen molar-refractivity contribution in [2.45, 2.75) is 25.9 Å². The molecule has 1 aromatic heterocycles. The number of hydrogen-bond acceptors (Lipinski definition) is 7. The molecule has 1 unspecified atom stereocenters. The van der Waals surface area contributed by atoms with E-state index >= 15 is 0 Å². The number of fused-ring (bicyclic) bond motifs is 1. The van der Waals surface area contributed by atoms with Crippen LogP contribution in [0.4, 0.5) is 15.9 Å². The van der Waals surface area contributed by atoms with E-state index in [4.69, 9.17) is 25.8 Å². The Hall–Kier alpha value is -2.68. The maximum absolute atomic E-state index is 13.5. The van der Waals surface area contributed by atoms with E-state index in [9.17, 15) is 4.39 Å². The molecular formula is C24H28ClFN4O3. The summed E-state index contributed by atoms with van der Waals surface area (Å²) in [6.45, 7) is 6.39. The molecule has 1 N–H and O–H groups in total. The lowest BCUT2D eigenvalue weighted by Gasteiger charge is -2.19. The average Bonchev–Trinajstić information content (AvgIpc) is 3.03. The van der Waals surface area contributed by atoms with Crippen LogP contribution in [0.15, 0.2) is 36.7 Å². The molecule has 33 heavy (non-hydrogen) atoms. The molecule has 2 heterocycles. The van der Waals surface area contributed by atoms with Crippen molar-refractivity contribution in [2.24, 2.45) is 0 Å². The molecule has 0 aliphatic carbocycles. The second kappa shape index (κ2) is 11.0. The highest BCUT2D eigenvalue weighted by molar-refractivity contribution is 6.31. The summed E-state index contributed by atoms with van der Waals surface area (Å²) in [7, 11) is 1.60. The van der Waals surface area contributed by atoms with Gasteiger partial charge in [0.15, 0.2) is 11.5 Å². The van der Waals surface area contributed by atoms with Gasteiger partial charge in [-0.25, -0.2) is 14.4 Å². The Morgan fingerprint density at radius 3 is 2.91 bits per heavy atom. The van der Waals surface area contributed by atoms with Gasteiger partial charge in [-0.3, -0.25) is 0 Å². The lowest BCUT2D eigenvalue weighted by Crippen LogP contribution is -2.28. The highest BCUT2D eigenvalue weighted by atomic mass is 35.5. The minimum absolute atomic E-state index is 0.0366. The maximum atomic E-state index is 13.5. The van der Waals surface area contributed by atoms with Crippen molar-refractivity contribution in [1.29, 1.82) is 0 Å². The zero-order valence-electron chi connectivity index (χ0n) is 18.8. The third-order valence-electron chi connectivity index (χ3n) is 5.64. The van der Waals surface area contributed by atoms with Crippen LogP contribution in [0.2, 0.25) is 5.02 Å². The van der Waals surface area contributed by atoms with Crippen LogP contribution in [0.3, 0.4) is 0 Å². The minimum Gasteiger partial charge on any atom is -0.493 e. The molecule has 1 atom stereocenters. The van der Waals surface area contributed by atoms with Gasteiger partial charge in [-0.1, -0.05) is 11.6 Å². The van der Waals surface area contributed by atoms with Crippen molar-refractivity contribution in [1.82, 2.24) is 14.9 Å². The van der Waals surface area contributed by atoms with Crippen LogP contribution >= 0.6 is 11.6 Å². The van der Waals surface area contributed by atoms with Crippen molar-refractivity contribution < 1.29 is 18.6 Å². The van der Waals surface area contributed by atoms with Crippen molar-refractivity contribution in [2.75, 3.05) is 45.3 Å². The van der Waals surface area contributed by atoms with Gasteiger partial charge in [0.25, 0.3) is 0 Å². The Labute approximate surface area is 197 Å². The summed E-state index contributed by atoms with van der Waals surface area (Å²) in [6, 6.07) is 8.11. The fourth-order valence-corrected chi connectivity index (χ4v) is 3.96. The number of nitrogens with zero attached hydrogens (tertiary/aromatic N) is 3. The third-order valence-corrected chi connectivity index (χ3v) is 5.93. The van der Waals surface area contributed by atoms with Gasteiger partial charge in [0.2, 0.25) is 0 Å². The first-order valence-corrected chi connectivity index (χ1v) is 11.4. The molecule has 0 saturated carbocycles. The summed E-state index contributed by atoms with van der Waals surface area (Å²) in [4.78, 5) is 11.1. The molecule has 4 rings (SSSR count). The molecule has 0 spiro atoms. The van der Waals surface area contributed by atoms with Gasteiger partial charge < -0.3 is 24.4 Å². The molecule has 176 valence electrons. The Balaban J connectivity index is 1.46. The van der Waals surface area contributed by atoms with Crippen molar-refractivity contribution in [3.8, 4) is 11.5 Å². The Bertz CT molecular complexity index is 1100. The van der Waals surface area contributed by atoms with Gasteiger partial charge >= 0.3 is 0 Å². The Morgan fingerprint density at radius 2 is 2.09 bits per heavy atom. The van der Waals surface area contributed by atoms with E-state index in [0.29, 0.717) is 41.2 Å². The standard InChI is InChI=1S/C24H28ClFN4O3/c1-16-6-8-30(9-11-32-16)7-3-10-33-23-13-18-21(14-22(23)31-2)27-15-28-24(18)29-17-4-5-20(26)19(25)12-17/h4-5,12-16H,3,6-11H2,1-2H3,(H,27,28,29). The van der Waals surface area contributed by atoms with E-state index in [1.807, 2.05) is 12.1 Å². The summed E-state index contributed by atoms with van der Waals surface area (Å²) >= 11 is 5.91. The van der Waals surface area contributed by atoms with E-state index in [1.165, 1.54) is 18.5 Å². The average molecular weight is 475 g/mol. The molecule has 1 fully saturated rings. The minimum atomic E-state index is -0.475. The largest absolute Gasteiger partial charge is 0.493 e. The fraction of sp³-hybridized carbons (Fsp3) is 0.417. The van der Waals surface area contributed by atoms with E-state index in [1.54, 1.807) is 13.2 Å². The van der Waals surface area contributed by atoms with E-state index in [-0.39, 0.29) is 5.02 Å². The Kier molecular flexibility index (Phi) is 7.80. The number of anilines is 2. The first-order valence-electron chi connectivity index (χ1n) is 11.0. The molecule has 1 aliphatic heterocycles. The summed E-state index contributed by atoms with van der Waals surface area (Å²) in [5.74, 6) is 1.31. The van der Waals surface area contributed by atoms with Gasteiger partial charge in [0.05, 0.1) is 37.0 Å². The predicted molar refractivity (Wildman–Crippen MR) is 127 cm³/mol. The SMILES string of the molecule is COc1cc2ncnc(Nc3ccc(F)c(Cl)c3)c2cc1OCCCN1CCOC(C)CC1. The Morgan fingerprint density at radius 1 is 1.21 bits per heavy atom. The number of ether oxygens (including phenoxy) is 3. The van der Waals surface area contributed by atoms with Gasteiger partial charge in [-0.2, -0.15) is 0 Å². The number of halogens is 2. The monoisotopic (exact) mass is 474 g/mol. The molecule has 3 aromatic rings. The molecule has 0 bridgehead atoms. The van der Waals surface area contributed by atoms with E-state index in [2.05, 4.69) is 27.1 Å². The quantitative estimate of drug-likeness (QED) is 0.458. The van der Waals surface area contributed by atoms with Crippen LogP contribution in [0.1, 0.15) is 19.8 Å². The number of benzene rings is 2. The molecule has 9 heteroatoms. The van der Waals surface area contributed by atoms with Gasteiger partial charge in [0, 0.05) is 36.8 Å². The topological polar surface area (TPSA) is 68.7 Å². The van der Waals surface area contributed by atoms with Crippen LogP contribution in [0.25, 0.3) is 10.9 Å². The molecule has 0 amide bonds. The van der Waals surface area contributed by atoms with E-state index < -0.39 is 5.82 Å². The highest BCUT2D eigenvalue weighted by Crippen LogP contribution is 2.35. The maximum Gasteiger partial charge on any atom is 0.162 e. The fourth-order valence-electron chi connectivity index (χ4n) is 3.78. The smallest absolute Gasteiger partial charge is 0.162 e. The first kappa shape index (κ1) is 23.5. The summed E-state index contributed by atoms with van der Waals surface area (Å²) < 4.78 is 30.8. The third kappa shape index (κ3) is 6.01. The van der Waals surface area contributed by atoms with Crippen molar-refractivity contribution >= 4 is 34.0 Å². The van der Waals surface area contributed by atoms with Crippen molar-refractivity contribution in [3.63, 3.8) is 0 Å². The van der Waals surface area contributed by atoms with Crippen LogP contribution in [0, 0.1) is 5.82 Å².